The van der Waals surface area contributed by atoms with E-state index in [0.717, 1.165) is 30.9 Å². The number of ether oxygens (including phenoxy) is 2. The molecule has 1 aliphatic carbocycles. The summed E-state index contributed by atoms with van der Waals surface area (Å²) in [6.45, 7) is 4.28. The molecule has 2 heterocycles. The van der Waals surface area contributed by atoms with E-state index in [9.17, 15) is 9.59 Å². The van der Waals surface area contributed by atoms with Crippen LogP contribution in [-0.4, -0.2) is 50.2 Å². The Morgan fingerprint density at radius 1 is 1.19 bits per heavy atom. The minimum atomic E-state index is -0.472. The van der Waals surface area contributed by atoms with Crippen molar-refractivity contribution < 1.29 is 19.1 Å². The summed E-state index contributed by atoms with van der Waals surface area (Å²) in [5.74, 6) is 1.34. The van der Waals surface area contributed by atoms with Gasteiger partial charge >= 0.3 is 6.03 Å². The molecule has 2 N–H and O–H groups in total. The fourth-order valence-corrected chi connectivity index (χ4v) is 4.80. The average molecular weight is 373 g/mol. The van der Waals surface area contributed by atoms with Gasteiger partial charge in [-0.2, -0.15) is 0 Å². The number of amides is 3. The second-order valence-corrected chi connectivity index (χ2v) is 7.78. The van der Waals surface area contributed by atoms with E-state index in [-0.39, 0.29) is 23.9 Å². The van der Waals surface area contributed by atoms with Gasteiger partial charge in [-0.05, 0) is 43.0 Å². The molecule has 4 rings (SSSR count). The van der Waals surface area contributed by atoms with E-state index in [0.29, 0.717) is 13.2 Å². The number of benzene rings is 1. The zero-order valence-corrected chi connectivity index (χ0v) is 16.0. The van der Waals surface area contributed by atoms with Gasteiger partial charge in [0, 0.05) is 25.0 Å². The van der Waals surface area contributed by atoms with Crippen LogP contribution in [0.2, 0.25) is 0 Å². The number of carbonyl (C=O) groups is 2. The first kappa shape index (κ1) is 18.1. The van der Waals surface area contributed by atoms with Gasteiger partial charge in [0.2, 0.25) is 5.91 Å². The molecule has 7 nitrogen and oxygen atoms in total. The summed E-state index contributed by atoms with van der Waals surface area (Å²) in [6.07, 6.45) is 4.61. The van der Waals surface area contributed by atoms with Gasteiger partial charge in [-0.15, -0.1) is 0 Å². The van der Waals surface area contributed by atoms with E-state index in [4.69, 9.17) is 9.47 Å². The molecular weight excluding hydrogens is 346 g/mol. The number of rotatable bonds is 2. The van der Waals surface area contributed by atoms with Crippen molar-refractivity contribution in [3.63, 3.8) is 0 Å². The van der Waals surface area contributed by atoms with Crippen LogP contribution in [0.5, 0.6) is 11.5 Å². The Balaban J connectivity index is 1.66. The first-order valence-electron chi connectivity index (χ1n) is 9.72. The highest BCUT2D eigenvalue weighted by Gasteiger charge is 2.45. The van der Waals surface area contributed by atoms with Crippen LogP contribution >= 0.6 is 0 Å². The first-order chi connectivity index (χ1) is 13.0. The fraction of sp³-hybridized carbons (Fsp3) is 0.600. The maximum absolute atomic E-state index is 12.3. The summed E-state index contributed by atoms with van der Waals surface area (Å²) >= 11 is 0. The third-order valence-corrected chi connectivity index (χ3v) is 6.18. The summed E-state index contributed by atoms with van der Waals surface area (Å²) in [6, 6.07) is 3.86. The van der Waals surface area contributed by atoms with Crippen LogP contribution in [-0.2, 0) is 10.2 Å². The number of fused-ring (bicyclic) bond motifs is 3. The van der Waals surface area contributed by atoms with Gasteiger partial charge in [-0.1, -0.05) is 12.8 Å². The van der Waals surface area contributed by atoms with Gasteiger partial charge in [-0.25, -0.2) is 4.79 Å². The number of nitrogens with zero attached hydrogens (tertiary/aromatic N) is 1. The lowest BCUT2D eigenvalue weighted by molar-refractivity contribution is -0.122. The van der Waals surface area contributed by atoms with Crippen molar-refractivity contribution in [2.45, 2.75) is 44.1 Å². The van der Waals surface area contributed by atoms with Gasteiger partial charge in [0.15, 0.2) is 11.5 Å². The Morgan fingerprint density at radius 3 is 2.52 bits per heavy atom. The maximum Gasteiger partial charge on any atom is 0.321 e. The molecular formula is C20H27N3O4. The molecule has 1 saturated carbocycles. The fourth-order valence-electron chi connectivity index (χ4n) is 4.80. The lowest BCUT2D eigenvalue weighted by Crippen LogP contribution is -2.50. The number of imide groups is 1. The molecule has 1 aromatic carbocycles. The molecule has 7 heteroatoms. The van der Waals surface area contributed by atoms with Gasteiger partial charge in [0.25, 0.3) is 0 Å². The Hall–Kier alpha value is -2.28. The van der Waals surface area contributed by atoms with E-state index in [2.05, 4.69) is 34.6 Å². The zero-order chi connectivity index (χ0) is 19.0. The van der Waals surface area contributed by atoms with E-state index in [1.165, 1.54) is 31.0 Å². The zero-order valence-electron chi connectivity index (χ0n) is 16.0. The van der Waals surface area contributed by atoms with Crippen molar-refractivity contribution in [2.75, 3.05) is 33.4 Å². The van der Waals surface area contributed by atoms with Crippen LogP contribution in [0.4, 0.5) is 4.79 Å². The molecule has 0 saturated heterocycles. The van der Waals surface area contributed by atoms with Crippen molar-refractivity contribution in [1.29, 1.82) is 0 Å². The SMILES string of the molecule is CNC(=O)NC(=O)CN1CC2(CCCC2)c2cc3c(cc2[C@@H]1C)OCCO3. The molecule has 0 unspecified atom stereocenters. The predicted octanol–water partition coefficient (Wildman–Crippen LogP) is 2.10. The molecule has 0 radical (unpaired) electrons. The smallest absolute Gasteiger partial charge is 0.321 e. The molecule has 1 spiro atoms. The standard InChI is InChI=1S/C20H27N3O4/c1-13-14-9-16-17(27-8-7-26-16)10-15(14)20(5-3-4-6-20)12-23(13)11-18(24)22-19(25)21-2/h9-10,13H,3-8,11-12H2,1-2H3,(H2,21,22,24,25)/t13-/m0/s1. The Kier molecular flexibility index (Phi) is 4.72. The number of carbonyl (C=O) groups excluding carboxylic acids is 2. The van der Waals surface area contributed by atoms with Crippen molar-refractivity contribution in [3.8, 4) is 11.5 Å². The normalized spacial score (nSPS) is 23.0. The van der Waals surface area contributed by atoms with Crippen LogP contribution in [0.25, 0.3) is 0 Å². The molecule has 3 aliphatic rings. The van der Waals surface area contributed by atoms with E-state index in [1.807, 2.05) is 0 Å². The monoisotopic (exact) mass is 373 g/mol. The van der Waals surface area contributed by atoms with Crippen molar-refractivity contribution >= 4 is 11.9 Å². The van der Waals surface area contributed by atoms with E-state index >= 15 is 0 Å². The van der Waals surface area contributed by atoms with Crippen LogP contribution in [0.3, 0.4) is 0 Å². The van der Waals surface area contributed by atoms with Crippen LogP contribution in [0, 0.1) is 0 Å². The molecule has 27 heavy (non-hydrogen) atoms. The highest BCUT2D eigenvalue weighted by molar-refractivity contribution is 5.95. The molecule has 2 aliphatic heterocycles. The van der Waals surface area contributed by atoms with Crippen molar-refractivity contribution in [2.24, 2.45) is 0 Å². The Labute approximate surface area is 159 Å². The third-order valence-electron chi connectivity index (χ3n) is 6.18. The molecule has 146 valence electrons. The topological polar surface area (TPSA) is 79.9 Å². The minimum Gasteiger partial charge on any atom is -0.486 e. The molecule has 1 fully saturated rings. The Morgan fingerprint density at radius 2 is 1.85 bits per heavy atom. The van der Waals surface area contributed by atoms with Crippen molar-refractivity contribution in [1.82, 2.24) is 15.5 Å². The summed E-state index contributed by atoms with van der Waals surface area (Å²) in [5.41, 5.74) is 2.60. The molecule has 3 amide bonds. The number of hydrogen-bond acceptors (Lipinski definition) is 5. The summed E-state index contributed by atoms with van der Waals surface area (Å²) in [4.78, 5) is 26.0. The average Bonchev–Trinajstić information content (AvgIpc) is 3.14. The van der Waals surface area contributed by atoms with E-state index < -0.39 is 6.03 Å². The van der Waals surface area contributed by atoms with Crippen LogP contribution < -0.4 is 20.1 Å². The first-order valence-corrected chi connectivity index (χ1v) is 9.72. The summed E-state index contributed by atoms with van der Waals surface area (Å²) in [7, 11) is 1.50. The predicted molar refractivity (Wildman–Crippen MR) is 100 cm³/mol. The molecule has 1 atom stereocenters. The summed E-state index contributed by atoms with van der Waals surface area (Å²) in [5, 5.41) is 4.80. The van der Waals surface area contributed by atoms with Crippen LogP contribution in [0.15, 0.2) is 12.1 Å². The highest BCUT2D eigenvalue weighted by atomic mass is 16.6. The Bertz CT molecular complexity index is 758. The largest absolute Gasteiger partial charge is 0.486 e. The second-order valence-electron chi connectivity index (χ2n) is 7.78. The number of hydrogen-bond donors (Lipinski definition) is 2. The van der Waals surface area contributed by atoms with Gasteiger partial charge in [-0.3, -0.25) is 15.0 Å². The molecule has 0 aromatic heterocycles. The highest BCUT2D eigenvalue weighted by Crippen LogP contribution is 2.51. The number of nitrogens with one attached hydrogen (secondary N) is 2. The molecule has 0 bridgehead atoms. The quantitative estimate of drug-likeness (QED) is 0.830. The van der Waals surface area contributed by atoms with Gasteiger partial charge < -0.3 is 14.8 Å². The van der Waals surface area contributed by atoms with Crippen LogP contribution in [0.1, 0.15) is 49.8 Å². The maximum atomic E-state index is 12.3. The minimum absolute atomic E-state index is 0.0466. The third kappa shape index (κ3) is 3.25. The summed E-state index contributed by atoms with van der Waals surface area (Å²) < 4.78 is 11.6. The number of urea groups is 1. The molecule has 1 aromatic rings. The van der Waals surface area contributed by atoms with E-state index in [1.54, 1.807) is 0 Å². The van der Waals surface area contributed by atoms with Crippen molar-refractivity contribution in [3.05, 3.63) is 23.3 Å². The second kappa shape index (κ2) is 7.03. The van der Waals surface area contributed by atoms with Gasteiger partial charge in [0.05, 0.1) is 6.54 Å². The lowest BCUT2D eigenvalue weighted by Gasteiger charge is -2.46. The van der Waals surface area contributed by atoms with Gasteiger partial charge in [0.1, 0.15) is 13.2 Å². The lowest BCUT2D eigenvalue weighted by atomic mass is 9.71.